The maximum Gasteiger partial charge on any atom is 0.407 e. The van der Waals surface area contributed by atoms with Gasteiger partial charge in [0, 0.05) is 8.07 Å². The lowest BCUT2D eigenvalue weighted by molar-refractivity contribution is 0.0436. The van der Waals surface area contributed by atoms with E-state index in [0.29, 0.717) is 6.42 Å². The van der Waals surface area contributed by atoms with Crippen LogP contribution in [-0.4, -0.2) is 37.0 Å². The summed E-state index contributed by atoms with van der Waals surface area (Å²) in [5.74, 6) is 0. The van der Waals surface area contributed by atoms with Gasteiger partial charge in [-0.3, -0.25) is 0 Å². The van der Waals surface area contributed by atoms with Crippen molar-refractivity contribution in [1.82, 2.24) is 5.32 Å². The fourth-order valence-electron chi connectivity index (χ4n) is 2.38. The molecule has 1 aromatic carbocycles. The van der Waals surface area contributed by atoms with Crippen molar-refractivity contribution in [3.63, 3.8) is 0 Å². The van der Waals surface area contributed by atoms with Gasteiger partial charge in [0.25, 0.3) is 0 Å². The Morgan fingerprint density at radius 1 is 1.22 bits per heavy atom. The molecule has 130 valence electrons. The summed E-state index contributed by atoms with van der Waals surface area (Å²) in [6, 6.07) is 10.3. The third-order valence-electron chi connectivity index (χ3n) is 3.29. The van der Waals surface area contributed by atoms with Gasteiger partial charge in [-0.2, -0.15) is 0 Å². The third kappa shape index (κ3) is 8.76. The minimum absolute atomic E-state index is 0.348. The van der Waals surface area contributed by atoms with Crippen LogP contribution in [0.2, 0.25) is 25.7 Å². The van der Waals surface area contributed by atoms with Gasteiger partial charge in [0.1, 0.15) is 5.60 Å². The molecule has 0 bridgehead atoms. The lowest BCUT2D eigenvalue weighted by Gasteiger charge is -2.29. The fourth-order valence-corrected chi connectivity index (χ4v) is 3.92. The molecule has 1 amide bonds. The van der Waals surface area contributed by atoms with Gasteiger partial charge in [-0.15, -0.1) is 0 Å². The first-order chi connectivity index (χ1) is 10.5. The SMILES string of the molecule is CC(C)(C)OC(=O)NC(Cc1ccccc1)C(O)C[Si](C)(C)C. The molecule has 0 spiro atoms. The highest BCUT2D eigenvalue weighted by atomic mass is 28.3. The first-order valence-corrected chi connectivity index (χ1v) is 11.9. The molecule has 4 nitrogen and oxygen atoms in total. The number of benzene rings is 1. The first kappa shape index (κ1) is 19.7. The molecule has 1 aromatic rings. The van der Waals surface area contributed by atoms with E-state index < -0.39 is 25.9 Å². The molecule has 5 heteroatoms. The highest BCUT2D eigenvalue weighted by Gasteiger charge is 2.28. The summed E-state index contributed by atoms with van der Waals surface area (Å²) < 4.78 is 5.34. The van der Waals surface area contributed by atoms with Crippen LogP contribution in [0.1, 0.15) is 26.3 Å². The van der Waals surface area contributed by atoms with E-state index in [1.807, 2.05) is 51.1 Å². The molecule has 2 atom stereocenters. The number of nitrogens with one attached hydrogen (secondary N) is 1. The summed E-state index contributed by atoms with van der Waals surface area (Å²) in [6.45, 7) is 12.1. The van der Waals surface area contributed by atoms with E-state index in [4.69, 9.17) is 4.74 Å². The normalized spacial score (nSPS) is 14.9. The van der Waals surface area contributed by atoms with Gasteiger partial charge >= 0.3 is 6.09 Å². The van der Waals surface area contributed by atoms with E-state index in [-0.39, 0.29) is 6.04 Å². The molecule has 2 N–H and O–H groups in total. The van der Waals surface area contributed by atoms with Gasteiger partial charge in [0.05, 0.1) is 12.1 Å². The quantitative estimate of drug-likeness (QED) is 0.776. The van der Waals surface area contributed by atoms with Gasteiger partial charge in [0.2, 0.25) is 0 Å². The number of carbonyl (C=O) groups is 1. The van der Waals surface area contributed by atoms with Crippen molar-refractivity contribution in [2.24, 2.45) is 0 Å². The summed E-state index contributed by atoms with van der Waals surface area (Å²) in [7, 11) is -1.44. The standard InChI is InChI=1S/C18H31NO3Si/c1-18(2,3)22-17(21)19-15(16(20)13-23(4,5)6)12-14-10-8-7-9-11-14/h7-11,15-16,20H,12-13H2,1-6H3,(H,19,21). The molecule has 0 aliphatic carbocycles. The number of aliphatic hydroxyl groups excluding tert-OH is 1. The zero-order valence-electron chi connectivity index (χ0n) is 15.2. The number of amides is 1. The van der Waals surface area contributed by atoms with Crippen LogP contribution >= 0.6 is 0 Å². The monoisotopic (exact) mass is 337 g/mol. The third-order valence-corrected chi connectivity index (χ3v) is 4.93. The molecular weight excluding hydrogens is 306 g/mol. The molecule has 2 unspecified atom stereocenters. The van der Waals surface area contributed by atoms with Crippen molar-refractivity contribution in [1.29, 1.82) is 0 Å². The number of carbonyl (C=O) groups excluding carboxylic acids is 1. The van der Waals surface area contributed by atoms with Gasteiger partial charge in [-0.1, -0.05) is 50.0 Å². The Morgan fingerprint density at radius 2 is 1.78 bits per heavy atom. The van der Waals surface area contributed by atoms with E-state index >= 15 is 0 Å². The summed E-state index contributed by atoms with van der Waals surface area (Å²) in [5.41, 5.74) is 0.536. The van der Waals surface area contributed by atoms with Crippen molar-refractivity contribution in [3.05, 3.63) is 35.9 Å². The summed E-state index contributed by atoms with van der Waals surface area (Å²) in [4.78, 5) is 12.1. The van der Waals surface area contributed by atoms with Crippen LogP contribution in [0.5, 0.6) is 0 Å². The zero-order chi connectivity index (χ0) is 17.7. The highest BCUT2D eigenvalue weighted by Crippen LogP contribution is 2.17. The molecule has 0 aliphatic heterocycles. The number of ether oxygens (including phenoxy) is 1. The number of hydrogen-bond acceptors (Lipinski definition) is 3. The van der Waals surface area contributed by atoms with Crippen molar-refractivity contribution >= 4 is 14.2 Å². The second kappa shape index (κ2) is 7.97. The Balaban J connectivity index is 2.81. The van der Waals surface area contributed by atoms with Crippen molar-refractivity contribution in [2.75, 3.05) is 0 Å². The van der Waals surface area contributed by atoms with Gasteiger partial charge in [-0.05, 0) is 38.8 Å². The van der Waals surface area contributed by atoms with Crippen LogP contribution in [0.15, 0.2) is 30.3 Å². The molecule has 0 aromatic heterocycles. The Morgan fingerprint density at radius 3 is 2.26 bits per heavy atom. The summed E-state index contributed by atoms with van der Waals surface area (Å²) >= 11 is 0. The van der Waals surface area contributed by atoms with Crippen LogP contribution < -0.4 is 5.32 Å². The van der Waals surface area contributed by atoms with Crippen LogP contribution in [0.4, 0.5) is 4.79 Å². The van der Waals surface area contributed by atoms with Crippen LogP contribution in [0.3, 0.4) is 0 Å². The smallest absolute Gasteiger partial charge is 0.407 e. The minimum atomic E-state index is -1.44. The van der Waals surface area contributed by atoms with Crippen molar-refractivity contribution in [2.45, 2.75) is 70.6 Å². The number of aliphatic hydroxyl groups is 1. The van der Waals surface area contributed by atoms with E-state index in [1.54, 1.807) is 0 Å². The predicted molar refractivity (Wildman–Crippen MR) is 97.5 cm³/mol. The summed E-state index contributed by atoms with van der Waals surface area (Å²) in [6.07, 6.45) is -0.464. The Hall–Kier alpha value is -1.33. The molecule has 1 rings (SSSR count). The Bertz CT molecular complexity index is 491. The Kier molecular flexibility index (Phi) is 6.83. The van der Waals surface area contributed by atoms with Gasteiger partial charge in [0.15, 0.2) is 0 Å². The molecule has 23 heavy (non-hydrogen) atoms. The van der Waals surface area contributed by atoms with E-state index in [0.717, 1.165) is 11.6 Å². The highest BCUT2D eigenvalue weighted by molar-refractivity contribution is 6.76. The average molecular weight is 338 g/mol. The summed E-state index contributed by atoms with van der Waals surface area (Å²) in [5, 5.41) is 13.5. The molecule has 0 heterocycles. The number of alkyl carbamates (subject to hydrolysis) is 1. The largest absolute Gasteiger partial charge is 0.444 e. The maximum atomic E-state index is 12.1. The van der Waals surface area contributed by atoms with Crippen molar-refractivity contribution < 1.29 is 14.6 Å². The van der Waals surface area contributed by atoms with Gasteiger partial charge in [-0.25, -0.2) is 4.79 Å². The molecule has 0 fully saturated rings. The molecule has 0 saturated carbocycles. The lowest BCUT2D eigenvalue weighted by atomic mass is 10.0. The second-order valence-electron chi connectivity index (χ2n) is 8.27. The molecular formula is C18H31NO3Si. The number of hydrogen-bond donors (Lipinski definition) is 2. The topological polar surface area (TPSA) is 58.6 Å². The molecule has 0 saturated heterocycles. The van der Waals surface area contributed by atoms with E-state index in [9.17, 15) is 9.90 Å². The van der Waals surface area contributed by atoms with Crippen molar-refractivity contribution in [3.8, 4) is 0 Å². The van der Waals surface area contributed by atoms with Crippen LogP contribution in [0.25, 0.3) is 0 Å². The lowest BCUT2D eigenvalue weighted by Crippen LogP contribution is -2.48. The molecule has 0 aliphatic rings. The maximum absolute atomic E-state index is 12.1. The molecule has 0 radical (unpaired) electrons. The van der Waals surface area contributed by atoms with Crippen LogP contribution in [-0.2, 0) is 11.2 Å². The fraction of sp³-hybridized carbons (Fsp3) is 0.611. The number of rotatable bonds is 6. The minimum Gasteiger partial charge on any atom is -0.444 e. The van der Waals surface area contributed by atoms with Gasteiger partial charge < -0.3 is 15.2 Å². The second-order valence-corrected chi connectivity index (χ2v) is 13.8. The van der Waals surface area contributed by atoms with Crippen LogP contribution in [0, 0.1) is 0 Å². The Labute approximate surface area is 141 Å². The van der Waals surface area contributed by atoms with E-state index in [2.05, 4.69) is 25.0 Å². The zero-order valence-corrected chi connectivity index (χ0v) is 16.2. The predicted octanol–water partition coefficient (Wildman–Crippen LogP) is 3.82. The average Bonchev–Trinajstić information content (AvgIpc) is 2.34. The first-order valence-electron chi connectivity index (χ1n) is 8.18. The van der Waals surface area contributed by atoms with E-state index in [1.165, 1.54) is 0 Å².